The summed E-state index contributed by atoms with van der Waals surface area (Å²) in [5, 5.41) is 0. The molecule has 2 heterocycles. The zero-order valence-electron chi connectivity index (χ0n) is 18.0. The lowest BCUT2D eigenvalue weighted by Gasteiger charge is -2.40. The maximum atomic E-state index is 12.2. The Morgan fingerprint density at radius 2 is 2.03 bits per heavy atom. The van der Waals surface area contributed by atoms with Gasteiger partial charge in [-0.1, -0.05) is 37.6 Å². The van der Waals surface area contributed by atoms with Gasteiger partial charge in [-0.05, 0) is 57.2 Å². The third-order valence-electron chi connectivity index (χ3n) is 5.01. The lowest BCUT2D eigenvalue weighted by Crippen LogP contribution is -2.55. The second kappa shape index (κ2) is 9.29. The van der Waals surface area contributed by atoms with Crippen molar-refractivity contribution in [3.05, 3.63) is 48.3 Å². The number of aryl methyl sites for hydroxylation is 1. The summed E-state index contributed by atoms with van der Waals surface area (Å²) in [6.07, 6.45) is 7.72. The van der Waals surface area contributed by atoms with Gasteiger partial charge in [0.1, 0.15) is 18.0 Å². The Hall–Kier alpha value is -2.56. The van der Waals surface area contributed by atoms with E-state index in [2.05, 4.69) is 36.2 Å². The molecule has 5 nitrogen and oxygen atoms in total. The van der Waals surface area contributed by atoms with Crippen LogP contribution in [0.4, 0.5) is 4.79 Å². The van der Waals surface area contributed by atoms with Crippen LogP contribution in [0, 0.1) is 0 Å². The largest absolute Gasteiger partial charge is 0.490 e. The van der Waals surface area contributed by atoms with Crippen LogP contribution in [0.25, 0.3) is 11.1 Å². The van der Waals surface area contributed by atoms with Crippen molar-refractivity contribution in [3.63, 3.8) is 0 Å². The standard InChI is InChI=1S/C24H32N2O3/c1-5-6-8-18-9-7-10-19(13-18)20-14-22(16-25-15-20)28-17-21-11-12-26(21)23(27)29-24(2,3)4/h7,9-10,13-16,21H,5-6,8,11-12,17H2,1-4H3. The van der Waals surface area contributed by atoms with E-state index in [9.17, 15) is 4.79 Å². The Morgan fingerprint density at radius 1 is 1.21 bits per heavy atom. The Kier molecular flexibility index (Phi) is 6.78. The van der Waals surface area contributed by atoms with Crippen molar-refractivity contribution in [2.24, 2.45) is 0 Å². The van der Waals surface area contributed by atoms with Gasteiger partial charge < -0.3 is 14.4 Å². The van der Waals surface area contributed by atoms with Crippen molar-refractivity contribution >= 4 is 6.09 Å². The van der Waals surface area contributed by atoms with Crippen LogP contribution in [0.1, 0.15) is 52.5 Å². The molecule has 0 saturated carbocycles. The molecule has 3 rings (SSSR count). The number of carbonyl (C=O) groups excluding carboxylic acids is 1. The molecule has 1 aromatic heterocycles. The highest BCUT2D eigenvalue weighted by molar-refractivity contribution is 5.69. The van der Waals surface area contributed by atoms with E-state index in [1.54, 1.807) is 11.1 Å². The minimum atomic E-state index is -0.484. The number of carbonyl (C=O) groups is 1. The quantitative estimate of drug-likeness (QED) is 0.622. The highest BCUT2D eigenvalue weighted by Crippen LogP contribution is 2.26. The molecule has 5 heteroatoms. The van der Waals surface area contributed by atoms with Gasteiger partial charge in [0.15, 0.2) is 0 Å². The second-order valence-corrected chi connectivity index (χ2v) is 8.64. The van der Waals surface area contributed by atoms with Crippen molar-refractivity contribution in [1.29, 1.82) is 0 Å². The van der Waals surface area contributed by atoms with Gasteiger partial charge in [0.05, 0.1) is 12.2 Å². The fourth-order valence-electron chi connectivity index (χ4n) is 3.31. The van der Waals surface area contributed by atoms with Crippen molar-refractivity contribution < 1.29 is 14.3 Å². The van der Waals surface area contributed by atoms with Crippen LogP contribution in [0.3, 0.4) is 0 Å². The van der Waals surface area contributed by atoms with Gasteiger partial charge in [-0.3, -0.25) is 4.98 Å². The molecule has 1 saturated heterocycles. The number of benzene rings is 1. The molecule has 1 atom stereocenters. The van der Waals surface area contributed by atoms with Gasteiger partial charge in [0, 0.05) is 18.3 Å². The monoisotopic (exact) mass is 396 g/mol. The number of hydrogen-bond donors (Lipinski definition) is 0. The third-order valence-corrected chi connectivity index (χ3v) is 5.01. The lowest BCUT2D eigenvalue weighted by molar-refractivity contribution is -0.0141. The number of pyridine rings is 1. The number of aromatic nitrogens is 1. The summed E-state index contributed by atoms with van der Waals surface area (Å²) in [7, 11) is 0. The molecule has 2 aromatic rings. The number of ether oxygens (including phenoxy) is 2. The molecule has 1 aliphatic heterocycles. The average molecular weight is 397 g/mol. The van der Waals surface area contributed by atoms with Crippen LogP contribution in [-0.4, -0.2) is 40.8 Å². The summed E-state index contributed by atoms with van der Waals surface area (Å²) in [6.45, 7) is 9.01. The molecule has 0 radical (unpaired) electrons. The molecular weight excluding hydrogens is 364 g/mol. The van der Waals surface area contributed by atoms with Gasteiger partial charge in [-0.15, -0.1) is 0 Å². The number of hydrogen-bond acceptors (Lipinski definition) is 4. The van der Waals surface area contributed by atoms with Gasteiger partial charge in [0.2, 0.25) is 0 Å². The maximum Gasteiger partial charge on any atom is 0.410 e. The predicted octanol–water partition coefficient (Wildman–Crippen LogP) is 5.48. The van der Waals surface area contributed by atoms with Crippen molar-refractivity contribution in [2.45, 2.75) is 65.0 Å². The number of nitrogens with zero attached hydrogens (tertiary/aromatic N) is 2. The molecule has 0 aliphatic carbocycles. The van der Waals surface area contributed by atoms with Crippen LogP contribution in [-0.2, 0) is 11.2 Å². The summed E-state index contributed by atoms with van der Waals surface area (Å²) in [6, 6.07) is 10.7. The molecule has 1 unspecified atom stereocenters. The van der Waals surface area contributed by atoms with Crippen LogP contribution >= 0.6 is 0 Å². The number of unbranched alkanes of at least 4 members (excludes halogenated alkanes) is 1. The van der Waals surface area contributed by atoms with Crippen LogP contribution < -0.4 is 4.74 Å². The predicted molar refractivity (Wildman–Crippen MR) is 115 cm³/mol. The first-order chi connectivity index (χ1) is 13.9. The zero-order valence-corrected chi connectivity index (χ0v) is 18.0. The summed E-state index contributed by atoms with van der Waals surface area (Å²) >= 11 is 0. The van der Waals surface area contributed by atoms with E-state index >= 15 is 0 Å². The molecule has 1 aliphatic rings. The van der Waals surface area contributed by atoms with Crippen molar-refractivity contribution in [1.82, 2.24) is 9.88 Å². The van der Waals surface area contributed by atoms with Crippen LogP contribution in [0.5, 0.6) is 5.75 Å². The Bertz CT molecular complexity index is 829. The summed E-state index contributed by atoms with van der Waals surface area (Å²) < 4.78 is 11.4. The molecule has 0 N–H and O–H groups in total. The highest BCUT2D eigenvalue weighted by Gasteiger charge is 2.35. The van der Waals surface area contributed by atoms with Gasteiger partial charge in [-0.25, -0.2) is 4.79 Å². The average Bonchev–Trinajstić information content (AvgIpc) is 2.64. The Morgan fingerprint density at radius 3 is 2.72 bits per heavy atom. The fourth-order valence-corrected chi connectivity index (χ4v) is 3.31. The lowest BCUT2D eigenvalue weighted by atomic mass is 10.0. The van der Waals surface area contributed by atoms with E-state index in [-0.39, 0.29) is 12.1 Å². The summed E-state index contributed by atoms with van der Waals surface area (Å²) in [4.78, 5) is 18.3. The van der Waals surface area contributed by atoms with Crippen LogP contribution in [0.2, 0.25) is 0 Å². The van der Waals surface area contributed by atoms with Gasteiger partial charge in [0.25, 0.3) is 0 Å². The number of amides is 1. The molecule has 29 heavy (non-hydrogen) atoms. The van der Waals surface area contributed by atoms with E-state index in [0.717, 1.165) is 29.7 Å². The Balaban J connectivity index is 1.60. The third kappa shape index (κ3) is 5.96. The van der Waals surface area contributed by atoms with E-state index in [0.29, 0.717) is 13.2 Å². The smallest absolute Gasteiger partial charge is 0.410 e. The van der Waals surface area contributed by atoms with Crippen molar-refractivity contribution in [3.8, 4) is 16.9 Å². The number of rotatable bonds is 7. The van der Waals surface area contributed by atoms with E-state index in [1.807, 2.05) is 33.0 Å². The molecule has 1 aromatic carbocycles. The molecular formula is C24H32N2O3. The zero-order chi connectivity index (χ0) is 20.9. The van der Waals surface area contributed by atoms with Crippen molar-refractivity contribution in [2.75, 3.05) is 13.2 Å². The van der Waals surface area contributed by atoms with Gasteiger partial charge in [-0.2, -0.15) is 0 Å². The van der Waals surface area contributed by atoms with Crippen LogP contribution in [0.15, 0.2) is 42.7 Å². The maximum absolute atomic E-state index is 12.2. The first-order valence-electron chi connectivity index (χ1n) is 10.5. The highest BCUT2D eigenvalue weighted by atomic mass is 16.6. The SMILES string of the molecule is CCCCc1cccc(-c2cncc(OCC3CCN3C(=O)OC(C)(C)C)c2)c1. The number of likely N-dealkylation sites (tertiary alicyclic amines) is 1. The molecule has 1 fully saturated rings. The summed E-state index contributed by atoms with van der Waals surface area (Å²) in [5.41, 5.74) is 3.05. The van der Waals surface area contributed by atoms with E-state index in [1.165, 1.54) is 18.4 Å². The second-order valence-electron chi connectivity index (χ2n) is 8.64. The fraction of sp³-hybridized carbons (Fsp3) is 0.500. The molecule has 0 spiro atoms. The van der Waals surface area contributed by atoms with E-state index in [4.69, 9.17) is 9.47 Å². The summed E-state index contributed by atoms with van der Waals surface area (Å²) in [5.74, 6) is 0.720. The first-order valence-corrected chi connectivity index (χ1v) is 10.5. The topological polar surface area (TPSA) is 51.7 Å². The first kappa shape index (κ1) is 21.2. The minimum absolute atomic E-state index is 0.0471. The molecule has 156 valence electrons. The normalized spacial score (nSPS) is 16.3. The molecule has 1 amide bonds. The van der Waals surface area contributed by atoms with E-state index < -0.39 is 5.60 Å². The Labute approximate surface area is 174 Å². The minimum Gasteiger partial charge on any atom is -0.490 e. The van der Waals surface area contributed by atoms with Gasteiger partial charge >= 0.3 is 6.09 Å². The molecule has 0 bridgehead atoms.